The molecule has 0 radical (unpaired) electrons. The molecule has 0 amide bonds. The van der Waals surface area contributed by atoms with Crippen molar-refractivity contribution in [1.82, 2.24) is 9.97 Å². The highest BCUT2D eigenvalue weighted by atomic mass is 16.6. The van der Waals surface area contributed by atoms with E-state index in [1.165, 1.54) is 0 Å². The minimum atomic E-state index is 0.575. The van der Waals surface area contributed by atoms with Crippen LogP contribution >= 0.6 is 0 Å². The number of imidazole rings is 1. The van der Waals surface area contributed by atoms with Crippen LogP contribution in [0.2, 0.25) is 0 Å². The van der Waals surface area contributed by atoms with Gasteiger partial charge in [-0.15, -0.1) is 0 Å². The number of aromatic nitrogens is 2. The number of rotatable bonds is 2. The third-order valence-corrected chi connectivity index (χ3v) is 3.49. The maximum absolute atomic E-state index is 5.59. The second-order valence-corrected chi connectivity index (χ2v) is 4.83. The highest BCUT2D eigenvalue weighted by Crippen LogP contribution is 2.35. The van der Waals surface area contributed by atoms with Crippen molar-refractivity contribution in [2.75, 3.05) is 20.3 Å². The van der Waals surface area contributed by atoms with Gasteiger partial charge in [-0.25, -0.2) is 4.98 Å². The fourth-order valence-electron chi connectivity index (χ4n) is 2.45. The van der Waals surface area contributed by atoms with Crippen LogP contribution in [0.25, 0.3) is 22.4 Å². The van der Waals surface area contributed by atoms with E-state index in [0.29, 0.717) is 13.2 Å². The zero-order valence-corrected chi connectivity index (χ0v) is 11.6. The third-order valence-electron chi connectivity index (χ3n) is 3.49. The minimum absolute atomic E-state index is 0.575. The van der Waals surface area contributed by atoms with E-state index in [2.05, 4.69) is 9.97 Å². The van der Waals surface area contributed by atoms with Gasteiger partial charge in [0.15, 0.2) is 11.5 Å². The van der Waals surface area contributed by atoms with Crippen LogP contribution in [0.3, 0.4) is 0 Å². The molecule has 0 unspecified atom stereocenters. The number of ether oxygens (including phenoxy) is 3. The number of nitrogens with zero attached hydrogens (tertiary/aromatic N) is 1. The maximum Gasteiger partial charge on any atom is 0.163 e. The van der Waals surface area contributed by atoms with E-state index in [0.717, 1.165) is 39.7 Å². The molecule has 0 bridgehead atoms. The van der Waals surface area contributed by atoms with Gasteiger partial charge in [0.25, 0.3) is 0 Å². The van der Waals surface area contributed by atoms with Crippen molar-refractivity contribution in [2.24, 2.45) is 0 Å². The number of methoxy groups -OCH3 is 1. The highest BCUT2D eigenvalue weighted by Gasteiger charge is 2.15. The smallest absolute Gasteiger partial charge is 0.163 e. The highest BCUT2D eigenvalue weighted by molar-refractivity contribution is 5.83. The van der Waals surface area contributed by atoms with E-state index in [1.54, 1.807) is 7.11 Å². The fraction of sp³-hybridized carbons (Fsp3) is 0.188. The summed E-state index contributed by atoms with van der Waals surface area (Å²) in [6.07, 6.45) is 0. The molecule has 4 rings (SSSR count). The largest absolute Gasteiger partial charge is 0.497 e. The molecule has 2 aromatic carbocycles. The van der Waals surface area contributed by atoms with E-state index in [1.807, 2.05) is 36.4 Å². The lowest BCUT2D eigenvalue weighted by atomic mass is 10.2. The summed E-state index contributed by atoms with van der Waals surface area (Å²) < 4.78 is 16.4. The van der Waals surface area contributed by atoms with Crippen LogP contribution in [-0.4, -0.2) is 30.3 Å². The Labute approximate surface area is 121 Å². The summed E-state index contributed by atoms with van der Waals surface area (Å²) in [6, 6.07) is 11.6. The molecule has 1 aliphatic rings. The lowest BCUT2D eigenvalue weighted by Crippen LogP contribution is -2.15. The SMILES string of the molecule is COc1cccc(-c2nc3cc4c(cc3[nH]2)OCCO4)c1. The van der Waals surface area contributed by atoms with Crippen LogP contribution in [-0.2, 0) is 0 Å². The van der Waals surface area contributed by atoms with Gasteiger partial charge < -0.3 is 19.2 Å². The number of nitrogens with one attached hydrogen (secondary N) is 1. The van der Waals surface area contributed by atoms with Crippen LogP contribution in [0.4, 0.5) is 0 Å². The van der Waals surface area contributed by atoms with Gasteiger partial charge >= 0.3 is 0 Å². The number of hydrogen-bond acceptors (Lipinski definition) is 4. The van der Waals surface area contributed by atoms with Crippen molar-refractivity contribution in [2.45, 2.75) is 0 Å². The average Bonchev–Trinajstić information content (AvgIpc) is 2.95. The maximum atomic E-state index is 5.59. The zero-order chi connectivity index (χ0) is 14.2. The van der Waals surface area contributed by atoms with Gasteiger partial charge in [-0.05, 0) is 12.1 Å². The molecule has 0 saturated carbocycles. The van der Waals surface area contributed by atoms with Crippen molar-refractivity contribution in [3.63, 3.8) is 0 Å². The average molecular weight is 282 g/mol. The fourth-order valence-corrected chi connectivity index (χ4v) is 2.45. The Morgan fingerprint density at radius 1 is 1.10 bits per heavy atom. The standard InChI is InChI=1S/C16H14N2O3/c1-19-11-4-2-3-10(7-11)16-17-12-8-14-15(9-13(12)18-16)21-6-5-20-14/h2-4,7-9H,5-6H2,1H3,(H,17,18). The van der Waals surface area contributed by atoms with Gasteiger partial charge in [0.1, 0.15) is 24.8 Å². The Hall–Kier alpha value is -2.69. The molecule has 0 fully saturated rings. The van der Waals surface area contributed by atoms with Crippen molar-refractivity contribution in [3.8, 4) is 28.6 Å². The summed E-state index contributed by atoms with van der Waals surface area (Å²) in [7, 11) is 1.65. The van der Waals surface area contributed by atoms with Crippen molar-refractivity contribution >= 4 is 11.0 Å². The molecule has 1 N–H and O–H groups in total. The monoisotopic (exact) mass is 282 g/mol. The van der Waals surface area contributed by atoms with E-state index < -0.39 is 0 Å². The Morgan fingerprint density at radius 3 is 2.71 bits per heavy atom. The predicted molar refractivity (Wildman–Crippen MR) is 79.1 cm³/mol. The molecule has 1 aromatic heterocycles. The quantitative estimate of drug-likeness (QED) is 0.785. The molecule has 0 aliphatic carbocycles. The molecule has 5 nitrogen and oxygen atoms in total. The molecule has 0 atom stereocenters. The minimum Gasteiger partial charge on any atom is -0.497 e. The van der Waals surface area contributed by atoms with Crippen LogP contribution in [0.5, 0.6) is 17.2 Å². The summed E-state index contributed by atoms with van der Waals surface area (Å²) in [6.45, 7) is 1.15. The summed E-state index contributed by atoms with van der Waals surface area (Å²) in [5.41, 5.74) is 2.76. The molecule has 21 heavy (non-hydrogen) atoms. The molecular weight excluding hydrogens is 268 g/mol. The third kappa shape index (κ3) is 2.07. The molecule has 3 aromatic rings. The number of benzene rings is 2. The van der Waals surface area contributed by atoms with Crippen LogP contribution in [0, 0.1) is 0 Å². The summed E-state index contributed by atoms with van der Waals surface area (Å²) in [5, 5.41) is 0. The second kappa shape index (κ2) is 4.70. The number of hydrogen-bond donors (Lipinski definition) is 1. The van der Waals surface area contributed by atoms with E-state index in [9.17, 15) is 0 Å². The number of fused-ring (bicyclic) bond motifs is 2. The summed E-state index contributed by atoms with van der Waals surface area (Å²) in [5.74, 6) is 3.11. The topological polar surface area (TPSA) is 56.4 Å². The predicted octanol–water partition coefficient (Wildman–Crippen LogP) is 3.01. The van der Waals surface area contributed by atoms with Gasteiger partial charge in [-0.2, -0.15) is 0 Å². The lowest BCUT2D eigenvalue weighted by Gasteiger charge is -2.17. The Balaban J connectivity index is 1.82. The van der Waals surface area contributed by atoms with E-state index in [-0.39, 0.29) is 0 Å². The second-order valence-electron chi connectivity index (χ2n) is 4.83. The van der Waals surface area contributed by atoms with Crippen LogP contribution in [0.15, 0.2) is 36.4 Å². The molecule has 0 spiro atoms. The number of aromatic amines is 1. The van der Waals surface area contributed by atoms with Gasteiger partial charge in [-0.1, -0.05) is 12.1 Å². The zero-order valence-electron chi connectivity index (χ0n) is 11.6. The first kappa shape index (κ1) is 12.1. The van der Waals surface area contributed by atoms with Gasteiger partial charge in [0.05, 0.1) is 18.1 Å². The van der Waals surface area contributed by atoms with Gasteiger partial charge in [-0.3, -0.25) is 0 Å². The van der Waals surface area contributed by atoms with Gasteiger partial charge in [0, 0.05) is 17.7 Å². The normalized spacial score (nSPS) is 13.4. The Morgan fingerprint density at radius 2 is 1.90 bits per heavy atom. The van der Waals surface area contributed by atoms with Crippen LogP contribution < -0.4 is 14.2 Å². The Bertz CT molecular complexity index is 767. The van der Waals surface area contributed by atoms with E-state index in [4.69, 9.17) is 14.2 Å². The molecule has 0 saturated heterocycles. The summed E-state index contributed by atoms with van der Waals surface area (Å²) >= 11 is 0. The van der Waals surface area contributed by atoms with Crippen molar-refractivity contribution in [1.29, 1.82) is 0 Å². The molecular formula is C16H14N2O3. The van der Waals surface area contributed by atoms with Crippen molar-refractivity contribution in [3.05, 3.63) is 36.4 Å². The lowest BCUT2D eigenvalue weighted by molar-refractivity contribution is 0.172. The molecule has 106 valence electrons. The first-order chi connectivity index (χ1) is 10.3. The van der Waals surface area contributed by atoms with E-state index >= 15 is 0 Å². The van der Waals surface area contributed by atoms with Gasteiger partial charge in [0.2, 0.25) is 0 Å². The molecule has 2 heterocycles. The summed E-state index contributed by atoms with van der Waals surface area (Å²) in [4.78, 5) is 7.93. The first-order valence-corrected chi connectivity index (χ1v) is 6.77. The molecule has 1 aliphatic heterocycles. The Kier molecular flexibility index (Phi) is 2.70. The molecule has 5 heteroatoms. The first-order valence-electron chi connectivity index (χ1n) is 6.77. The number of H-pyrrole nitrogens is 1. The van der Waals surface area contributed by atoms with Crippen LogP contribution in [0.1, 0.15) is 0 Å². The van der Waals surface area contributed by atoms with Crippen molar-refractivity contribution < 1.29 is 14.2 Å².